The van der Waals surface area contributed by atoms with Crippen LogP contribution in [0.4, 0.5) is 0 Å². The third kappa shape index (κ3) is 1.85. The Bertz CT molecular complexity index is 505. The molecule has 1 aromatic carbocycles. The molecule has 0 aliphatic heterocycles. The monoisotopic (exact) mass is 199 g/mol. The van der Waals surface area contributed by atoms with Crippen molar-refractivity contribution in [2.45, 2.75) is 13.1 Å². The van der Waals surface area contributed by atoms with Crippen molar-refractivity contribution in [2.24, 2.45) is 0 Å². The zero-order valence-electron chi connectivity index (χ0n) is 8.70. The van der Waals surface area contributed by atoms with E-state index in [1.807, 2.05) is 23.9 Å². The molecule has 15 heavy (non-hydrogen) atoms. The van der Waals surface area contributed by atoms with Crippen LogP contribution in [-0.2, 0) is 13.1 Å². The summed E-state index contributed by atoms with van der Waals surface area (Å²) in [6.45, 7) is 1.26. The number of nitrogens with zero attached hydrogens (tertiary/aromatic N) is 2. The van der Waals surface area contributed by atoms with E-state index in [4.69, 9.17) is 5.26 Å². The number of hydrogen-bond donors (Lipinski definition) is 1. The lowest BCUT2D eigenvalue weighted by Gasteiger charge is -2.03. The first-order valence-corrected chi connectivity index (χ1v) is 4.94. The molecule has 76 valence electrons. The van der Waals surface area contributed by atoms with Crippen LogP contribution in [0, 0.1) is 11.3 Å². The summed E-state index contributed by atoms with van der Waals surface area (Å²) >= 11 is 0. The number of nitriles is 1. The van der Waals surface area contributed by atoms with E-state index in [9.17, 15) is 0 Å². The highest BCUT2D eigenvalue weighted by molar-refractivity contribution is 5.80. The summed E-state index contributed by atoms with van der Waals surface area (Å²) in [5, 5.41) is 13.0. The third-order valence-electron chi connectivity index (χ3n) is 2.46. The Kier molecular flexibility index (Phi) is 2.70. The first-order valence-electron chi connectivity index (χ1n) is 4.94. The lowest BCUT2D eigenvalue weighted by Crippen LogP contribution is -2.05. The SMILES string of the molecule is CNCc1ccc2ccn(CC#N)c2c1. The minimum absolute atomic E-state index is 0.409. The maximum atomic E-state index is 8.69. The predicted molar refractivity (Wildman–Crippen MR) is 60.3 cm³/mol. The molecule has 0 unspecified atom stereocenters. The quantitative estimate of drug-likeness (QED) is 0.820. The first-order chi connectivity index (χ1) is 7.35. The Balaban J connectivity index is 2.47. The Morgan fingerprint density at radius 1 is 1.40 bits per heavy atom. The highest BCUT2D eigenvalue weighted by atomic mass is 14.9. The molecule has 1 N–H and O–H groups in total. The number of benzene rings is 1. The van der Waals surface area contributed by atoms with Gasteiger partial charge in [0.1, 0.15) is 6.54 Å². The van der Waals surface area contributed by atoms with E-state index in [0.717, 1.165) is 12.1 Å². The summed E-state index contributed by atoms with van der Waals surface area (Å²) in [4.78, 5) is 0. The average molecular weight is 199 g/mol. The maximum Gasteiger partial charge on any atom is 0.110 e. The molecular formula is C12H13N3. The van der Waals surface area contributed by atoms with Gasteiger partial charge in [-0.25, -0.2) is 0 Å². The van der Waals surface area contributed by atoms with E-state index in [1.54, 1.807) is 0 Å². The van der Waals surface area contributed by atoms with Crippen molar-refractivity contribution in [1.29, 1.82) is 5.26 Å². The molecule has 3 nitrogen and oxygen atoms in total. The summed E-state index contributed by atoms with van der Waals surface area (Å²) in [6, 6.07) is 10.5. The summed E-state index contributed by atoms with van der Waals surface area (Å²) in [7, 11) is 1.93. The van der Waals surface area contributed by atoms with Crippen molar-refractivity contribution < 1.29 is 0 Å². The number of nitrogens with one attached hydrogen (secondary N) is 1. The molecule has 1 aromatic heterocycles. The molecule has 0 amide bonds. The van der Waals surface area contributed by atoms with Gasteiger partial charge in [0.05, 0.1) is 6.07 Å². The lowest BCUT2D eigenvalue weighted by atomic mass is 10.1. The number of hydrogen-bond acceptors (Lipinski definition) is 2. The minimum atomic E-state index is 0.409. The topological polar surface area (TPSA) is 40.8 Å². The summed E-state index contributed by atoms with van der Waals surface area (Å²) < 4.78 is 1.97. The molecular weight excluding hydrogens is 186 g/mol. The van der Waals surface area contributed by atoms with Crippen molar-refractivity contribution >= 4 is 10.9 Å². The fourth-order valence-electron chi connectivity index (χ4n) is 1.76. The van der Waals surface area contributed by atoms with Crippen LogP contribution in [0.3, 0.4) is 0 Å². The normalized spacial score (nSPS) is 10.4. The second kappa shape index (κ2) is 4.16. The van der Waals surface area contributed by atoms with Gasteiger partial charge in [-0.05, 0) is 30.1 Å². The molecule has 0 aliphatic carbocycles. The van der Waals surface area contributed by atoms with Crippen molar-refractivity contribution in [1.82, 2.24) is 9.88 Å². The van der Waals surface area contributed by atoms with Gasteiger partial charge >= 0.3 is 0 Å². The van der Waals surface area contributed by atoms with Crippen molar-refractivity contribution in [2.75, 3.05) is 7.05 Å². The second-order valence-electron chi connectivity index (χ2n) is 3.53. The number of fused-ring (bicyclic) bond motifs is 1. The van der Waals surface area contributed by atoms with Crippen LogP contribution in [0.5, 0.6) is 0 Å². The van der Waals surface area contributed by atoms with Crippen LogP contribution in [0.15, 0.2) is 30.5 Å². The fraction of sp³-hybridized carbons (Fsp3) is 0.250. The largest absolute Gasteiger partial charge is 0.334 e. The molecule has 2 aromatic rings. The van der Waals surface area contributed by atoms with E-state index in [0.29, 0.717) is 6.54 Å². The smallest absolute Gasteiger partial charge is 0.110 e. The van der Waals surface area contributed by atoms with E-state index >= 15 is 0 Å². The van der Waals surface area contributed by atoms with Crippen LogP contribution in [0.1, 0.15) is 5.56 Å². The molecule has 0 saturated heterocycles. The van der Waals surface area contributed by atoms with Gasteiger partial charge in [0.25, 0.3) is 0 Å². The van der Waals surface area contributed by atoms with Crippen molar-refractivity contribution in [3.63, 3.8) is 0 Å². The van der Waals surface area contributed by atoms with Crippen LogP contribution >= 0.6 is 0 Å². The molecule has 0 aliphatic rings. The van der Waals surface area contributed by atoms with Gasteiger partial charge < -0.3 is 9.88 Å². The van der Waals surface area contributed by atoms with Gasteiger partial charge in [0.15, 0.2) is 0 Å². The average Bonchev–Trinajstić information content (AvgIpc) is 2.63. The lowest BCUT2D eigenvalue weighted by molar-refractivity contribution is 0.816. The van der Waals surface area contributed by atoms with Gasteiger partial charge in [-0.3, -0.25) is 0 Å². The van der Waals surface area contributed by atoms with Crippen LogP contribution in [0.2, 0.25) is 0 Å². The summed E-state index contributed by atoms with van der Waals surface area (Å²) in [5.41, 5.74) is 2.37. The van der Waals surface area contributed by atoms with E-state index in [2.05, 4.69) is 29.6 Å². The molecule has 1 heterocycles. The van der Waals surface area contributed by atoms with Crippen LogP contribution in [-0.4, -0.2) is 11.6 Å². The first kappa shape index (κ1) is 9.75. The standard InChI is InChI=1S/C12H13N3/c1-14-9-10-2-3-11-4-6-15(7-5-13)12(11)8-10/h2-4,6,8,14H,7,9H2,1H3. The molecule has 0 bridgehead atoms. The van der Waals surface area contributed by atoms with E-state index in [-0.39, 0.29) is 0 Å². The van der Waals surface area contributed by atoms with Gasteiger partial charge in [0, 0.05) is 18.3 Å². The molecule has 0 radical (unpaired) electrons. The molecule has 0 fully saturated rings. The molecule has 0 spiro atoms. The summed E-state index contributed by atoms with van der Waals surface area (Å²) in [5.74, 6) is 0. The zero-order valence-corrected chi connectivity index (χ0v) is 8.70. The number of aromatic nitrogens is 1. The Labute approximate surface area is 88.9 Å². The van der Waals surface area contributed by atoms with E-state index in [1.165, 1.54) is 10.9 Å². The molecule has 3 heteroatoms. The highest BCUT2D eigenvalue weighted by Crippen LogP contribution is 2.17. The predicted octanol–water partition coefficient (Wildman–Crippen LogP) is 1.88. The van der Waals surface area contributed by atoms with Gasteiger partial charge in [0.2, 0.25) is 0 Å². The molecule has 0 atom stereocenters. The minimum Gasteiger partial charge on any atom is -0.334 e. The van der Waals surface area contributed by atoms with Crippen LogP contribution in [0.25, 0.3) is 10.9 Å². The Hall–Kier alpha value is -1.79. The van der Waals surface area contributed by atoms with Gasteiger partial charge in [-0.1, -0.05) is 12.1 Å². The molecule has 0 saturated carbocycles. The van der Waals surface area contributed by atoms with Gasteiger partial charge in [-0.15, -0.1) is 0 Å². The molecule has 2 rings (SSSR count). The fourth-order valence-corrected chi connectivity index (χ4v) is 1.76. The van der Waals surface area contributed by atoms with Gasteiger partial charge in [-0.2, -0.15) is 5.26 Å². The van der Waals surface area contributed by atoms with Crippen molar-refractivity contribution in [3.05, 3.63) is 36.0 Å². The highest BCUT2D eigenvalue weighted by Gasteiger charge is 2.01. The summed E-state index contributed by atoms with van der Waals surface area (Å²) in [6.07, 6.45) is 1.96. The Morgan fingerprint density at radius 2 is 2.27 bits per heavy atom. The maximum absolute atomic E-state index is 8.69. The number of rotatable bonds is 3. The van der Waals surface area contributed by atoms with E-state index < -0.39 is 0 Å². The zero-order chi connectivity index (χ0) is 10.7. The Morgan fingerprint density at radius 3 is 3.00 bits per heavy atom. The van der Waals surface area contributed by atoms with Crippen LogP contribution < -0.4 is 5.32 Å². The van der Waals surface area contributed by atoms with Crippen molar-refractivity contribution in [3.8, 4) is 6.07 Å². The third-order valence-corrected chi connectivity index (χ3v) is 2.46. The second-order valence-corrected chi connectivity index (χ2v) is 3.53.